The second-order valence-electron chi connectivity index (χ2n) is 9.25. The zero-order chi connectivity index (χ0) is 24.2. The first-order valence-electron chi connectivity index (χ1n) is 12.3. The maximum atomic E-state index is 11.6. The molecule has 3 aromatic rings. The number of ether oxygens (including phenoxy) is 1. The van der Waals surface area contributed by atoms with Gasteiger partial charge in [0, 0.05) is 54.8 Å². The normalized spacial score (nSPS) is 15.6. The van der Waals surface area contributed by atoms with Crippen LogP contribution < -0.4 is 20.7 Å². The van der Waals surface area contributed by atoms with Crippen LogP contribution in [0, 0.1) is 6.92 Å². The summed E-state index contributed by atoms with van der Waals surface area (Å²) in [6.45, 7) is 7.63. The molecule has 2 aliphatic heterocycles. The van der Waals surface area contributed by atoms with E-state index in [0.29, 0.717) is 24.7 Å². The predicted molar refractivity (Wildman–Crippen MR) is 137 cm³/mol. The van der Waals surface area contributed by atoms with Gasteiger partial charge in [-0.1, -0.05) is 6.07 Å². The minimum Gasteiger partial charge on any atom is -0.492 e. The van der Waals surface area contributed by atoms with E-state index < -0.39 is 5.91 Å². The van der Waals surface area contributed by atoms with Crippen LogP contribution in [0.4, 0.5) is 17.3 Å². The van der Waals surface area contributed by atoms with Crippen molar-refractivity contribution in [2.24, 2.45) is 5.73 Å². The number of nitrogens with one attached hydrogen (secondary N) is 1. The van der Waals surface area contributed by atoms with Gasteiger partial charge in [0.15, 0.2) is 0 Å². The van der Waals surface area contributed by atoms with E-state index in [0.717, 1.165) is 53.5 Å². The minimum absolute atomic E-state index is 0.413. The maximum absolute atomic E-state index is 11.6. The number of primary amides is 1. The van der Waals surface area contributed by atoms with Gasteiger partial charge in [0.25, 0.3) is 0 Å². The van der Waals surface area contributed by atoms with Crippen molar-refractivity contribution in [3.05, 3.63) is 71.0 Å². The smallest absolute Gasteiger partial charge is 0.248 e. The number of nitrogens with two attached hydrogens (primary N) is 1. The molecule has 5 rings (SSSR count). The van der Waals surface area contributed by atoms with E-state index in [9.17, 15) is 4.79 Å². The van der Waals surface area contributed by atoms with Crippen molar-refractivity contribution in [3.8, 4) is 5.75 Å². The Morgan fingerprint density at radius 3 is 2.69 bits per heavy atom. The number of hydrogen-bond donors (Lipinski definition) is 2. The molecule has 0 unspecified atom stereocenters. The first-order chi connectivity index (χ1) is 17.0. The standard InChI is InChI=1S/C27H32N6O2/c1-19-4-5-20(26(28)34)16-25(19)33-13-10-24-21(18-33)17-29-27(31-24)30-22-6-8-23(9-7-22)35-15-14-32-11-2-3-12-32/h4-9,16-17H,2-3,10-15,18H2,1H3,(H2,28,34)(H,29,30,31). The molecule has 1 amide bonds. The van der Waals surface area contributed by atoms with Crippen molar-refractivity contribution in [1.82, 2.24) is 14.9 Å². The van der Waals surface area contributed by atoms with Gasteiger partial charge in [-0.15, -0.1) is 0 Å². The summed E-state index contributed by atoms with van der Waals surface area (Å²) in [5.74, 6) is 1.05. The van der Waals surface area contributed by atoms with Crippen molar-refractivity contribution in [2.75, 3.05) is 43.0 Å². The third-order valence-electron chi connectivity index (χ3n) is 6.75. The van der Waals surface area contributed by atoms with Crippen LogP contribution in [0.1, 0.15) is 40.0 Å². The van der Waals surface area contributed by atoms with Gasteiger partial charge in [0.05, 0.1) is 5.69 Å². The Morgan fingerprint density at radius 1 is 1.11 bits per heavy atom. The average Bonchev–Trinajstić information content (AvgIpc) is 3.38. The molecule has 1 fully saturated rings. The maximum Gasteiger partial charge on any atom is 0.248 e. The topological polar surface area (TPSA) is 96.6 Å². The van der Waals surface area contributed by atoms with Crippen LogP contribution in [0.25, 0.3) is 0 Å². The minimum atomic E-state index is -0.413. The van der Waals surface area contributed by atoms with Gasteiger partial charge >= 0.3 is 0 Å². The van der Waals surface area contributed by atoms with Crippen molar-refractivity contribution in [1.29, 1.82) is 0 Å². The molecule has 35 heavy (non-hydrogen) atoms. The molecule has 0 spiro atoms. The molecule has 0 saturated carbocycles. The van der Waals surface area contributed by atoms with E-state index >= 15 is 0 Å². The van der Waals surface area contributed by atoms with Crippen LogP contribution >= 0.6 is 0 Å². The summed E-state index contributed by atoms with van der Waals surface area (Å²) < 4.78 is 5.89. The molecule has 0 bridgehead atoms. The van der Waals surface area contributed by atoms with E-state index in [-0.39, 0.29) is 0 Å². The number of aryl methyl sites for hydroxylation is 1. The van der Waals surface area contributed by atoms with Gasteiger partial charge in [-0.2, -0.15) is 0 Å². The van der Waals surface area contributed by atoms with Gasteiger partial charge in [0.2, 0.25) is 11.9 Å². The Balaban J connectivity index is 1.19. The Labute approximate surface area is 206 Å². The Morgan fingerprint density at radius 2 is 1.91 bits per heavy atom. The number of aromatic nitrogens is 2. The number of anilines is 3. The molecule has 1 saturated heterocycles. The first kappa shape index (κ1) is 23.1. The third-order valence-corrected chi connectivity index (χ3v) is 6.75. The highest BCUT2D eigenvalue weighted by Gasteiger charge is 2.21. The van der Waals surface area contributed by atoms with Crippen LogP contribution in [0.15, 0.2) is 48.7 Å². The lowest BCUT2D eigenvalue weighted by molar-refractivity contribution is 0.100. The van der Waals surface area contributed by atoms with Crippen LogP contribution in [0.3, 0.4) is 0 Å². The van der Waals surface area contributed by atoms with Gasteiger partial charge in [-0.3, -0.25) is 9.69 Å². The molecule has 0 atom stereocenters. The second kappa shape index (κ2) is 10.3. The molecule has 2 aromatic carbocycles. The molecular weight excluding hydrogens is 440 g/mol. The molecule has 0 aliphatic carbocycles. The summed E-state index contributed by atoms with van der Waals surface area (Å²) in [4.78, 5) is 25.6. The Kier molecular flexibility index (Phi) is 6.81. The predicted octanol–water partition coefficient (Wildman–Crippen LogP) is 3.66. The van der Waals surface area contributed by atoms with Gasteiger partial charge in [-0.05, 0) is 74.8 Å². The summed E-state index contributed by atoms with van der Waals surface area (Å²) in [5, 5.41) is 3.30. The number of nitrogens with zero attached hydrogens (tertiary/aromatic N) is 4. The van der Waals surface area contributed by atoms with E-state index in [1.165, 1.54) is 25.9 Å². The second-order valence-corrected chi connectivity index (χ2v) is 9.25. The molecule has 8 heteroatoms. The van der Waals surface area contributed by atoms with Crippen molar-refractivity contribution >= 4 is 23.2 Å². The number of hydrogen-bond acceptors (Lipinski definition) is 7. The fourth-order valence-electron chi connectivity index (χ4n) is 4.75. The van der Waals surface area contributed by atoms with Crippen LogP contribution in [0.2, 0.25) is 0 Å². The summed E-state index contributed by atoms with van der Waals surface area (Å²) in [5.41, 5.74) is 11.2. The SMILES string of the molecule is Cc1ccc(C(N)=O)cc1N1CCc2nc(Nc3ccc(OCCN4CCCC4)cc3)ncc2C1. The molecule has 1 aromatic heterocycles. The summed E-state index contributed by atoms with van der Waals surface area (Å²) in [7, 11) is 0. The zero-order valence-corrected chi connectivity index (χ0v) is 20.2. The number of fused-ring (bicyclic) bond motifs is 1. The van der Waals surface area contributed by atoms with Crippen molar-refractivity contribution < 1.29 is 9.53 Å². The first-order valence-corrected chi connectivity index (χ1v) is 12.3. The van der Waals surface area contributed by atoms with E-state index in [1.807, 2.05) is 49.5 Å². The van der Waals surface area contributed by atoms with E-state index in [4.69, 9.17) is 15.5 Å². The Bertz CT molecular complexity index is 1190. The van der Waals surface area contributed by atoms with Crippen LogP contribution in [-0.2, 0) is 13.0 Å². The fraction of sp³-hybridized carbons (Fsp3) is 0.370. The Hall–Kier alpha value is -3.65. The van der Waals surface area contributed by atoms with Gasteiger partial charge in [0.1, 0.15) is 12.4 Å². The summed E-state index contributed by atoms with van der Waals surface area (Å²) in [6.07, 6.45) is 5.29. The number of carbonyl (C=O) groups excluding carboxylic acids is 1. The number of benzene rings is 2. The summed E-state index contributed by atoms with van der Waals surface area (Å²) >= 11 is 0. The highest BCUT2D eigenvalue weighted by atomic mass is 16.5. The number of likely N-dealkylation sites (tertiary alicyclic amines) is 1. The van der Waals surface area contributed by atoms with Crippen LogP contribution in [0.5, 0.6) is 5.75 Å². The monoisotopic (exact) mass is 472 g/mol. The molecule has 3 heterocycles. The number of rotatable bonds is 8. The number of carbonyl (C=O) groups is 1. The fourth-order valence-corrected chi connectivity index (χ4v) is 4.75. The zero-order valence-electron chi connectivity index (χ0n) is 20.2. The van der Waals surface area contributed by atoms with E-state index in [1.54, 1.807) is 6.07 Å². The van der Waals surface area contributed by atoms with Crippen molar-refractivity contribution in [2.45, 2.75) is 32.7 Å². The van der Waals surface area contributed by atoms with Crippen molar-refractivity contribution in [3.63, 3.8) is 0 Å². The van der Waals surface area contributed by atoms with E-state index in [2.05, 4.69) is 20.1 Å². The average molecular weight is 473 g/mol. The number of amides is 1. The van der Waals surface area contributed by atoms with Gasteiger partial charge in [-0.25, -0.2) is 9.97 Å². The highest BCUT2D eigenvalue weighted by molar-refractivity contribution is 5.94. The molecule has 0 radical (unpaired) electrons. The lowest BCUT2D eigenvalue weighted by atomic mass is 10.0. The molecule has 8 nitrogen and oxygen atoms in total. The highest BCUT2D eigenvalue weighted by Crippen LogP contribution is 2.28. The lowest BCUT2D eigenvalue weighted by Crippen LogP contribution is -2.32. The van der Waals surface area contributed by atoms with Crippen LogP contribution in [-0.4, -0.2) is 53.6 Å². The molecule has 2 aliphatic rings. The quantitative estimate of drug-likeness (QED) is 0.516. The van der Waals surface area contributed by atoms with Gasteiger partial charge < -0.3 is 20.7 Å². The molecular formula is C27H32N6O2. The largest absolute Gasteiger partial charge is 0.492 e. The molecule has 182 valence electrons. The molecule has 3 N–H and O–H groups in total. The lowest BCUT2D eigenvalue weighted by Gasteiger charge is -2.31. The third kappa shape index (κ3) is 5.54. The summed E-state index contributed by atoms with van der Waals surface area (Å²) in [6, 6.07) is 13.5.